The zero-order valence-corrected chi connectivity index (χ0v) is 10.9. The van der Waals surface area contributed by atoms with E-state index in [1.807, 2.05) is 6.92 Å². The molecule has 0 saturated heterocycles. The second kappa shape index (κ2) is 5.47. The van der Waals surface area contributed by atoms with Crippen LogP contribution in [0.15, 0.2) is 42.5 Å². The van der Waals surface area contributed by atoms with E-state index in [0.29, 0.717) is 11.1 Å². The van der Waals surface area contributed by atoms with Crippen molar-refractivity contribution in [3.8, 4) is 16.9 Å². The minimum absolute atomic E-state index is 0.271. The Hall–Kier alpha value is -2.50. The smallest absolute Gasteiger partial charge is 0.478 e. The molecule has 110 valence electrons. The van der Waals surface area contributed by atoms with Crippen molar-refractivity contribution < 1.29 is 27.8 Å². The molecule has 3 nitrogen and oxygen atoms in total. The SMILES string of the molecule is Cc1ccc(-c2cc(OC(F)(F)F)cc(C(=O)O)c2)cc1. The molecule has 6 heteroatoms. The predicted molar refractivity (Wildman–Crippen MR) is 70.3 cm³/mol. The number of rotatable bonds is 3. The summed E-state index contributed by atoms with van der Waals surface area (Å²) in [5.74, 6) is -1.88. The number of hydrogen-bond acceptors (Lipinski definition) is 2. The molecule has 0 aliphatic carbocycles. The average molecular weight is 296 g/mol. The molecule has 2 aromatic carbocycles. The molecule has 2 rings (SSSR count). The van der Waals surface area contributed by atoms with Gasteiger partial charge in [0.25, 0.3) is 0 Å². The summed E-state index contributed by atoms with van der Waals surface area (Å²) in [6.07, 6.45) is -4.87. The van der Waals surface area contributed by atoms with E-state index in [4.69, 9.17) is 5.11 Å². The van der Waals surface area contributed by atoms with Gasteiger partial charge in [-0.2, -0.15) is 0 Å². The number of benzene rings is 2. The molecule has 0 heterocycles. The summed E-state index contributed by atoms with van der Waals surface area (Å²) in [5, 5.41) is 8.99. The normalized spacial score (nSPS) is 11.2. The quantitative estimate of drug-likeness (QED) is 0.920. The summed E-state index contributed by atoms with van der Waals surface area (Å²) >= 11 is 0. The molecule has 0 spiro atoms. The van der Waals surface area contributed by atoms with E-state index >= 15 is 0 Å². The number of aromatic carboxylic acids is 1. The van der Waals surface area contributed by atoms with E-state index in [2.05, 4.69) is 4.74 Å². The molecule has 0 amide bonds. The molecule has 0 aromatic heterocycles. The van der Waals surface area contributed by atoms with Crippen LogP contribution in [-0.4, -0.2) is 17.4 Å². The lowest BCUT2D eigenvalue weighted by atomic mass is 10.0. The highest BCUT2D eigenvalue weighted by atomic mass is 19.4. The van der Waals surface area contributed by atoms with E-state index in [1.165, 1.54) is 6.07 Å². The fraction of sp³-hybridized carbons (Fsp3) is 0.133. The topological polar surface area (TPSA) is 46.5 Å². The Balaban J connectivity index is 2.49. The summed E-state index contributed by atoms with van der Waals surface area (Å²) in [6.45, 7) is 1.87. The van der Waals surface area contributed by atoms with Crippen LogP contribution < -0.4 is 4.74 Å². The van der Waals surface area contributed by atoms with Crippen LogP contribution in [0, 0.1) is 6.92 Å². The molecule has 0 bridgehead atoms. The first-order chi connectivity index (χ1) is 9.74. The van der Waals surface area contributed by atoms with Gasteiger partial charge in [-0.3, -0.25) is 0 Å². The minimum atomic E-state index is -4.87. The lowest BCUT2D eigenvalue weighted by Crippen LogP contribution is -2.17. The van der Waals surface area contributed by atoms with Gasteiger partial charge in [0, 0.05) is 0 Å². The summed E-state index contributed by atoms with van der Waals surface area (Å²) in [6, 6.07) is 10.3. The van der Waals surface area contributed by atoms with Crippen molar-refractivity contribution in [2.24, 2.45) is 0 Å². The average Bonchev–Trinajstić information content (AvgIpc) is 2.37. The molecule has 0 unspecified atom stereocenters. The van der Waals surface area contributed by atoms with Crippen molar-refractivity contribution in [1.29, 1.82) is 0 Å². The number of hydrogen-bond donors (Lipinski definition) is 1. The maximum atomic E-state index is 12.3. The first kappa shape index (κ1) is 14.9. The van der Waals surface area contributed by atoms with Gasteiger partial charge in [-0.25, -0.2) is 4.79 Å². The van der Waals surface area contributed by atoms with Crippen LogP contribution in [0.4, 0.5) is 13.2 Å². The van der Waals surface area contributed by atoms with E-state index in [1.54, 1.807) is 24.3 Å². The maximum absolute atomic E-state index is 12.3. The Morgan fingerprint density at radius 3 is 2.19 bits per heavy atom. The van der Waals surface area contributed by atoms with Crippen LogP contribution in [0.5, 0.6) is 5.75 Å². The van der Waals surface area contributed by atoms with Crippen LogP contribution in [0.2, 0.25) is 0 Å². The Morgan fingerprint density at radius 2 is 1.67 bits per heavy atom. The number of carboxylic acids is 1. The van der Waals surface area contributed by atoms with Crippen LogP contribution in [-0.2, 0) is 0 Å². The van der Waals surface area contributed by atoms with Crippen molar-refractivity contribution >= 4 is 5.97 Å². The van der Waals surface area contributed by atoms with Crippen LogP contribution in [0.1, 0.15) is 15.9 Å². The van der Waals surface area contributed by atoms with Crippen molar-refractivity contribution in [3.05, 3.63) is 53.6 Å². The zero-order chi connectivity index (χ0) is 15.6. The number of ether oxygens (including phenoxy) is 1. The van der Waals surface area contributed by atoms with E-state index in [0.717, 1.165) is 17.7 Å². The summed E-state index contributed by atoms with van der Waals surface area (Å²) in [7, 11) is 0. The minimum Gasteiger partial charge on any atom is -0.478 e. The van der Waals surface area contributed by atoms with Crippen molar-refractivity contribution in [1.82, 2.24) is 0 Å². The summed E-state index contributed by atoms with van der Waals surface area (Å²) in [5.41, 5.74) is 1.66. The maximum Gasteiger partial charge on any atom is 0.573 e. The molecule has 0 radical (unpaired) electrons. The molecule has 0 atom stereocenters. The molecular formula is C15H11F3O3. The molecule has 0 aliphatic rings. The molecule has 2 aromatic rings. The highest BCUT2D eigenvalue weighted by Crippen LogP contribution is 2.30. The van der Waals surface area contributed by atoms with Gasteiger partial charge in [0.05, 0.1) is 5.56 Å². The molecule has 1 N–H and O–H groups in total. The third-order valence-corrected chi connectivity index (χ3v) is 2.77. The third-order valence-electron chi connectivity index (χ3n) is 2.77. The van der Waals surface area contributed by atoms with Gasteiger partial charge in [-0.1, -0.05) is 29.8 Å². The summed E-state index contributed by atoms with van der Waals surface area (Å²) < 4.78 is 40.7. The van der Waals surface area contributed by atoms with Crippen molar-refractivity contribution in [2.45, 2.75) is 13.3 Å². The largest absolute Gasteiger partial charge is 0.573 e. The lowest BCUT2D eigenvalue weighted by molar-refractivity contribution is -0.274. The number of aryl methyl sites for hydroxylation is 1. The van der Waals surface area contributed by atoms with Gasteiger partial charge in [0.1, 0.15) is 5.75 Å². The highest BCUT2D eigenvalue weighted by molar-refractivity contribution is 5.90. The van der Waals surface area contributed by atoms with E-state index < -0.39 is 18.1 Å². The van der Waals surface area contributed by atoms with Gasteiger partial charge in [0.2, 0.25) is 0 Å². The Bertz CT molecular complexity index is 661. The van der Waals surface area contributed by atoms with E-state index in [-0.39, 0.29) is 5.56 Å². The second-order valence-corrected chi connectivity index (χ2v) is 4.47. The van der Waals surface area contributed by atoms with Gasteiger partial charge >= 0.3 is 12.3 Å². The number of alkyl halides is 3. The number of halogens is 3. The van der Waals surface area contributed by atoms with Crippen molar-refractivity contribution in [2.75, 3.05) is 0 Å². The number of carbonyl (C=O) groups is 1. The molecule has 0 aliphatic heterocycles. The van der Waals surface area contributed by atoms with Gasteiger partial charge in [-0.05, 0) is 36.2 Å². The fourth-order valence-corrected chi connectivity index (χ4v) is 1.83. The Labute approximate surface area is 118 Å². The summed E-state index contributed by atoms with van der Waals surface area (Å²) in [4.78, 5) is 11.0. The third kappa shape index (κ3) is 3.98. The van der Waals surface area contributed by atoms with Crippen LogP contribution >= 0.6 is 0 Å². The molecule has 0 saturated carbocycles. The van der Waals surface area contributed by atoms with Gasteiger partial charge in [0.15, 0.2) is 0 Å². The first-order valence-electron chi connectivity index (χ1n) is 5.96. The highest BCUT2D eigenvalue weighted by Gasteiger charge is 2.31. The standard InChI is InChI=1S/C15H11F3O3/c1-9-2-4-10(5-3-9)11-6-12(14(19)20)8-13(7-11)21-15(16,17)18/h2-8H,1H3,(H,19,20). The van der Waals surface area contributed by atoms with Crippen molar-refractivity contribution in [3.63, 3.8) is 0 Å². The number of carboxylic acid groups (broad SMARTS) is 1. The lowest BCUT2D eigenvalue weighted by Gasteiger charge is -2.12. The van der Waals surface area contributed by atoms with Gasteiger partial charge < -0.3 is 9.84 Å². The Kier molecular flexibility index (Phi) is 3.88. The first-order valence-corrected chi connectivity index (χ1v) is 5.96. The second-order valence-electron chi connectivity index (χ2n) is 4.47. The zero-order valence-electron chi connectivity index (χ0n) is 10.9. The molecule has 0 fully saturated rings. The van der Waals surface area contributed by atoms with E-state index in [9.17, 15) is 18.0 Å². The van der Waals surface area contributed by atoms with Crippen LogP contribution in [0.25, 0.3) is 11.1 Å². The Morgan fingerprint density at radius 1 is 1.05 bits per heavy atom. The molecular weight excluding hydrogens is 285 g/mol. The monoisotopic (exact) mass is 296 g/mol. The van der Waals surface area contributed by atoms with Crippen LogP contribution in [0.3, 0.4) is 0 Å². The predicted octanol–water partition coefficient (Wildman–Crippen LogP) is 4.26. The molecule has 21 heavy (non-hydrogen) atoms. The fourth-order valence-electron chi connectivity index (χ4n) is 1.83. The van der Waals surface area contributed by atoms with Gasteiger partial charge in [-0.15, -0.1) is 13.2 Å².